The first kappa shape index (κ1) is 6.40. The first-order valence-electron chi connectivity index (χ1n) is 4.21. The highest BCUT2D eigenvalue weighted by molar-refractivity contribution is 5.98. The Hall–Kier alpha value is -1.12. The maximum Gasteiger partial charge on any atom is 0.318 e. The molecule has 2 bridgehead atoms. The molecule has 1 saturated carbocycles. The van der Waals surface area contributed by atoms with Gasteiger partial charge >= 0.3 is 11.9 Å². The van der Waals surface area contributed by atoms with Crippen LogP contribution in [0.5, 0.6) is 0 Å². The number of esters is 2. The van der Waals surface area contributed by atoms with Crippen molar-refractivity contribution in [3.63, 3.8) is 0 Å². The minimum absolute atomic E-state index is 0.146. The van der Waals surface area contributed by atoms with Gasteiger partial charge in [0.05, 0.1) is 11.8 Å². The standard InChI is InChI=1S/C9H8O3/c10-8-6-4-1-2-5(3-4)7(6)9(11)12-8/h1-2,4-7H,3H2/t4-,5+,6-,7-/m0/s1. The van der Waals surface area contributed by atoms with Crippen LogP contribution in [0.3, 0.4) is 0 Å². The second-order valence-electron chi connectivity index (χ2n) is 3.74. The molecule has 62 valence electrons. The van der Waals surface area contributed by atoms with Gasteiger partial charge in [0.2, 0.25) is 0 Å². The van der Waals surface area contributed by atoms with Crippen LogP contribution < -0.4 is 0 Å². The van der Waals surface area contributed by atoms with Gasteiger partial charge in [0.15, 0.2) is 0 Å². The zero-order valence-corrected chi connectivity index (χ0v) is 6.40. The summed E-state index contributed by atoms with van der Waals surface area (Å²) in [5.74, 6) is -0.346. The monoisotopic (exact) mass is 164 g/mol. The fraction of sp³-hybridized carbons (Fsp3) is 0.556. The van der Waals surface area contributed by atoms with Gasteiger partial charge in [-0.05, 0) is 18.3 Å². The molecule has 3 nitrogen and oxygen atoms in total. The van der Waals surface area contributed by atoms with Crippen LogP contribution in [-0.4, -0.2) is 11.9 Å². The van der Waals surface area contributed by atoms with Gasteiger partial charge in [-0.1, -0.05) is 12.2 Å². The van der Waals surface area contributed by atoms with Gasteiger partial charge in [-0.15, -0.1) is 0 Å². The van der Waals surface area contributed by atoms with E-state index in [1.165, 1.54) is 0 Å². The van der Waals surface area contributed by atoms with Crippen molar-refractivity contribution >= 4 is 11.9 Å². The number of allylic oxidation sites excluding steroid dienone is 2. The fourth-order valence-electron chi connectivity index (χ4n) is 2.70. The molecule has 0 amide bonds. The number of carbonyl (C=O) groups excluding carboxylic acids is 2. The Balaban J connectivity index is 2.08. The quantitative estimate of drug-likeness (QED) is 0.297. The number of cyclic esters (lactones) is 2. The second-order valence-corrected chi connectivity index (χ2v) is 3.74. The Labute approximate surface area is 69.4 Å². The summed E-state index contributed by atoms with van der Waals surface area (Å²) in [5.41, 5.74) is 0. The van der Waals surface area contributed by atoms with Gasteiger partial charge < -0.3 is 4.74 Å². The Morgan fingerprint density at radius 2 is 1.58 bits per heavy atom. The molecule has 3 aliphatic rings. The summed E-state index contributed by atoms with van der Waals surface area (Å²) in [4.78, 5) is 22.4. The van der Waals surface area contributed by atoms with E-state index < -0.39 is 0 Å². The van der Waals surface area contributed by atoms with Gasteiger partial charge in [-0.3, -0.25) is 9.59 Å². The summed E-state index contributed by atoms with van der Waals surface area (Å²) in [5, 5.41) is 0. The predicted molar refractivity (Wildman–Crippen MR) is 38.8 cm³/mol. The highest BCUT2D eigenvalue weighted by Crippen LogP contribution is 2.51. The molecule has 0 unspecified atom stereocenters. The van der Waals surface area contributed by atoms with E-state index in [4.69, 9.17) is 0 Å². The van der Waals surface area contributed by atoms with Crippen molar-refractivity contribution in [2.24, 2.45) is 23.7 Å². The molecular formula is C9H8O3. The largest absolute Gasteiger partial charge is 0.393 e. The van der Waals surface area contributed by atoms with Crippen molar-refractivity contribution in [1.29, 1.82) is 0 Å². The van der Waals surface area contributed by atoms with E-state index in [-0.39, 0.29) is 35.6 Å². The van der Waals surface area contributed by atoms with Gasteiger partial charge in [0.25, 0.3) is 0 Å². The normalized spacial score (nSPS) is 48.3. The van der Waals surface area contributed by atoms with E-state index in [0.717, 1.165) is 6.42 Å². The zero-order chi connectivity index (χ0) is 8.29. The summed E-state index contributed by atoms with van der Waals surface area (Å²) in [6.07, 6.45) is 5.06. The second kappa shape index (κ2) is 1.79. The highest BCUT2D eigenvalue weighted by atomic mass is 16.6. The van der Waals surface area contributed by atoms with E-state index in [1.807, 2.05) is 12.2 Å². The van der Waals surface area contributed by atoms with Crippen molar-refractivity contribution < 1.29 is 14.3 Å². The Bertz CT molecular complexity index is 277. The molecular weight excluding hydrogens is 156 g/mol. The van der Waals surface area contributed by atoms with Crippen LogP contribution in [0, 0.1) is 23.7 Å². The average molecular weight is 164 g/mol. The van der Waals surface area contributed by atoms with E-state index in [2.05, 4.69) is 4.74 Å². The molecule has 0 aromatic rings. The molecule has 2 aliphatic carbocycles. The number of rotatable bonds is 0. The van der Waals surface area contributed by atoms with Crippen LogP contribution in [0.2, 0.25) is 0 Å². The maximum absolute atomic E-state index is 11.2. The fourth-order valence-corrected chi connectivity index (χ4v) is 2.70. The van der Waals surface area contributed by atoms with Crippen molar-refractivity contribution in [3.8, 4) is 0 Å². The Kier molecular flexibility index (Phi) is 0.953. The summed E-state index contributed by atoms with van der Waals surface area (Å²) in [6, 6.07) is 0. The van der Waals surface area contributed by atoms with Crippen LogP contribution in [-0.2, 0) is 14.3 Å². The third-order valence-electron chi connectivity index (χ3n) is 3.20. The van der Waals surface area contributed by atoms with Crippen LogP contribution in [0.1, 0.15) is 6.42 Å². The number of hydrogen-bond acceptors (Lipinski definition) is 3. The summed E-state index contributed by atoms with van der Waals surface area (Å²) >= 11 is 0. The molecule has 3 rings (SSSR count). The van der Waals surface area contributed by atoms with Crippen molar-refractivity contribution in [3.05, 3.63) is 12.2 Å². The first-order chi connectivity index (χ1) is 5.77. The van der Waals surface area contributed by atoms with Crippen LogP contribution >= 0.6 is 0 Å². The number of carbonyl (C=O) groups is 2. The molecule has 0 aromatic carbocycles. The summed E-state index contributed by atoms with van der Waals surface area (Å²) < 4.78 is 4.59. The van der Waals surface area contributed by atoms with Crippen LogP contribution in [0.4, 0.5) is 0 Å². The molecule has 1 aliphatic heterocycles. The summed E-state index contributed by atoms with van der Waals surface area (Å²) in [7, 11) is 0. The lowest BCUT2D eigenvalue weighted by Crippen LogP contribution is -2.21. The van der Waals surface area contributed by atoms with Crippen molar-refractivity contribution in [1.82, 2.24) is 0 Å². The van der Waals surface area contributed by atoms with E-state index in [1.54, 1.807) is 0 Å². The topological polar surface area (TPSA) is 43.4 Å². The zero-order valence-electron chi connectivity index (χ0n) is 6.40. The van der Waals surface area contributed by atoms with Gasteiger partial charge in [0.1, 0.15) is 0 Å². The minimum atomic E-state index is -0.304. The number of ether oxygens (including phenoxy) is 1. The van der Waals surface area contributed by atoms with E-state index >= 15 is 0 Å². The van der Waals surface area contributed by atoms with E-state index in [0.29, 0.717) is 0 Å². The highest BCUT2D eigenvalue weighted by Gasteiger charge is 2.57. The lowest BCUT2D eigenvalue weighted by molar-refractivity contribution is -0.154. The minimum Gasteiger partial charge on any atom is -0.393 e. The number of hydrogen-bond donors (Lipinski definition) is 0. The smallest absolute Gasteiger partial charge is 0.318 e. The molecule has 3 heteroatoms. The van der Waals surface area contributed by atoms with Crippen molar-refractivity contribution in [2.45, 2.75) is 6.42 Å². The van der Waals surface area contributed by atoms with Gasteiger partial charge in [-0.2, -0.15) is 0 Å². The van der Waals surface area contributed by atoms with Gasteiger partial charge in [-0.25, -0.2) is 0 Å². The third-order valence-corrected chi connectivity index (χ3v) is 3.20. The Morgan fingerprint density at radius 3 is 2.08 bits per heavy atom. The van der Waals surface area contributed by atoms with E-state index in [9.17, 15) is 9.59 Å². The van der Waals surface area contributed by atoms with Gasteiger partial charge in [0, 0.05) is 0 Å². The molecule has 1 heterocycles. The molecule has 4 atom stereocenters. The molecule has 1 saturated heterocycles. The van der Waals surface area contributed by atoms with Crippen LogP contribution in [0.15, 0.2) is 12.2 Å². The predicted octanol–water partition coefficient (Wildman–Crippen LogP) is 0.508. The molecule has 0 radical (unpaired) electrons. The van der Waals surface area contributed by atoms with Crippen LogP contribution in [0.25, 0.3) is 0 Å². The molecule has 2 fully saturated rings. The summed E-state index contributed by atoms with van der Waals surface area (Å²) in [6.45, 7) is 0. The maximum atomic E-state index is 11.2. The lowest BCUT2D eigenvalue weighted by Gasteiger charge is -2.12. The lowest BCUT2D eigenvalue weighted by atomic mass is 9.85. The Morgan fingerprint density at radius 1 is 1.08 bits per heavy atom. The molecule has 0 aromatic heterocycles. The third kappa shape index (κ3) is 0.543. The van der Waals surface area contributed by atoms with Crippen molar-refractivity contribution in [2.75, 3.05) is 0 Å². The molecule has 0 N–H and O–H groups in total. The average Bonchev–Trinajstić information content (AvgIpc) is 2.64. The number of fused-ring (bicyclic) bond motifs is 5. The molecule has 0 spiro atoms. The SMILES string of the molecule is O=C1OC(=O)[C@@H]2[C@@H]1[C@@H]1C=C[C@H]2C1. The molecule has 12 heavy (non-hydrogen) atoms. The first-order valence-corrected chi connectivity index (χ1v) is 4.21.